The largest absolute Gasteiger partial charge is 0.466 e. The van der Waals surface area contributed by atoms with Gasteiger partial charge in [0.1, 0.15) is 0 Å². The van der Waals surface area contributed by atoms with Crippen molar-refractivity contribution in [2.24, 2.45) is 0 Å². The predicted molar refractivity (Wildman–Crippen MR) is 60.9 cm³/mol. The summed E-state index contributed by atoms with van der Waals surface area (Å²) < 4.78 is 9.54. The zero-order valence-corrected chi connectivity index (χ0v) is 10.5. The molecule has 0 radical (unpaired) electrons. The maximum Gasteiger partial charge on any atom is 0.334 e. The molecule has 0 aromatic heterocycles. The van der Waals surface area contributed by atoms with E-state index < -0.39 is 11.9 Å². The molecule has 0 aliphatic carbocycles. The molecule has 0 bridgehead atoms. The molecular weight excluding hydrogens is 208 g/mol. The molecular formula is C12H20O4. The van der Waals surface area contributed by atoms with Gasteiger partial charge in [0.2, 0.25) is 0 Å². The number of hydrogen-bond acceptors (Lipinski definition) is 4. The molecule has 0 aliphatic heterocycles. The monoisotopic (exact) mass is 228 g/mol. The molecule has 0 aromatic carbocycles. The second-order valence-electron chi connectivity index (χ2n) is 3.58. The lowest BCUT2D eigenvalue weighted by Gasteiger charge is -2.06. The van der Waals surface area contributed by atoms with Crippen molar-refractivity contribution >= 4 is 11.9 Å². The first-order valence-corrected chi connectivity index (χ1v) is 5.47. The minimum atomic E-state index is -0.497. The van der Waals surface area contributed by atoms with Gasteiger partial charge in [-0.2, -0.15) is 0 Å². The van der Waals surface area contributed by atoms with Crippen molar-refractivity contribution in [3.05, 3.63) is 11.1 Å². The fraction of sp³-hybridized carbons (Fsp3) is 0.667. The molecule has 0 aromatic rings. The third-order valence-electron chi connectivity index (χ3n) is 2.34. The van der Waals surface area contributed by atoms with Crippen LogP contribution in [0.4, 0.5) is 0 Å². The van der Waals surface area contributed by atoms with Gasteiger partial charge in [-0.15, -0.1) is 0 Å². The van der Waals surface area contributed by atoms with Crippen LogP contribution in [0.5, 0.6) is 0 Å². The van der Waals surface area contributed by atoms with Crippen LogP contribution < -0.4 is 0 Å². The average Bonchev–Trinajstić information content (AvgIpc) is 2.31. The van der Waals surface area contributed by atoms with Crippen molar-refractivity contribution in [2.45, 2.75) is 40.0 Å². The van der Waals surface area contributed by atoms with E-state index in [0.29, 0.717) is 17.8 Å². The van der Waals surface area contributed by atoms with E-state index in [1.54, 1.807) is 13.8 Å². The van der Waals surface area contributed by atoms with E-state index in [2.05, 4.69) is 11.7 Å². The lowest BCUT2D eigenvalue weighted by atomic mass is 10.1. The summed E-state index contributed by atoms with van der Waals surface area (Å²) >= 11 is 0. The van der Waals surface area contributed by atoms with Crippen molar-refractivity contribution in [3.63, 3.8) is 0 Å². The third-order valence-corrected chi connectivity index (χ3v) is 2.34. The number of methoxy groups -OCH3 is 1. The van der Waals surface area contributed by atoms with Gasteiger partial charge in [0.25, 0.3) is 0 Å². The summed E-state index contributed by atoms with van der Waals surface area (Å²) in [6, 6.07) is 0. The van der Waals surface area contributed by atoms with Crippen molar-refractivity contribution in [2.75, 3.05) is 13.7 Å². The summed E-state index contributed by atoms with van der Waals surface area (Å²) in [7, 11) is 1.28. The molecule has 0 N–H and O–H groups in total. The molecule has 92 valence electrons. The molecule has 0 amide bonds. The number of carbonyl (C=O) groups excluding carboxylic acids is 2. The maximum atomic E-state index is 11.5. The lowest BCUT2D eigenvalue weighted by molar-refractivity contribution is -0.141. The highest BCUT2D eigenvalue weighted by Crippen LogP contribution is 2.08. The topological polar surface area (TPSA) is 52.6 Å². The van der Waals surface area contributed by atoms with Crippen molar-refractivity contribution in [1.29, 1.82) is 0 Å². The Kier molecular flexibility index (Phi) is 7.25. The van der Waals surface area contributed by atoms with Gasteiger partial charge in [0, 0.05) is 11.1 Å². The van der Waals surface area contributed by atoms with Crippen molar-refractivity contribution < 1.29 is 19.1 Å². The highest BCUT2D eigenvalue weighted by molar-refractivity contribution is 5.99. The third kappa shape index (κ3) is 4.96. The average molecular weight is 228 g/mol. The van der Waals surface area contributed by atoms with Crippen LogP contribution in [0.15, 0.2) is 11.1 Å². The van der Waals surface area contributed by atoms with E-state index in [4.69, 9.17) is 4.74 Å². The number of carbonyl (C=O) groups is 2. The fourth-order valence-electron chi connectivity index (χ4n) is 1.08. The minimum absolute atomic E-state index is 0.294. The zero-order valence-electron chi connectivity index (χ0n) is 10.5. The van der Waals surface area contributed by atoms with Crippen LogP contribution in [0.3, 0.4) is 0 Å². The number of ether oxygens (including phenoxy) is 2. The van der Waals surface area contributed by atoms with E-state index in [9.17, 15) is 9.59 Å². The smallest absolute Gasteiger partial charge is 0.334 e. The Morgan fingerprint density at radius 2 is 1.56 bits per heavy atom. The van der Waals surface area contributed by atoms with E-state index in [1.165, 1.54) is 7.11 Å². The predicted octanol–water partition coefficient (Wildman–Crippen LogP) is 2.23. The lowest BCUT2D eigenvalue weighted by Crippen LogP contribution is -2.13. The van der Waals surface area contributed by atoms with Crippen LogP contribution >= 0.6 is 0 Å². The van der Waals surface area contributed by atoms with Crippen LogP contribution in [0.25, 0.3) is 0 Å². The summed E-state index contributed by atoms with van der Waals surface area (Å²) in [6.45, 7) is 5.59. The molecule has 0 unspecified atom stereocenters. The second kappa shape index (κ2) is 7.91. The second-order valence-corrected chi connectivity index (χ2v) is 3.58. The molecule has 0 spiro atoms. The molecule has 0 saturated heterocycles. The molecule has 0 fully saturated rings. The molecule has 4 nitrogen and oxygen atoms in total. The van der Waals surface area contributed by atoms with E-state index in [-0.39, 0.29) is 0 Å². The van der Waals surface area contributed by atoms with Crippen molar-refractivity contribution in [3.8, 4) is 0 Å². The maximum absolute atomic E-state index is 11.5. The van der Waals surface area contributed by atoms with E-state index in [0.717, 1.165) is 19.3 Å². The van der Waals surface area contributed by atoms with Gasteiger partial charge in [-0.25, -0.2) is 9.59 Å². The summed E-state index contributed by atoms with van der Waals surface area (Å²) in [4.78, 5) is 22.6. The molecule has 4 heteroatoms. The van der Waals surface area contributed by atoms with Gasteiger partial charge >= 0.3 is 11.9 Å². The van der Waals surface area contributed by atoms with Crippen LogP contribution in [0, 0.1) is 0 Å². The van der Waals surface area contributed by atoms with Crippen LogP contribution in [0.2, 0.25) is 0 Å². The molecule has 0 heterocycles. The quantitative estimate of drug-likeness (QED) is 0.397. The van der Waals surface area contributed by atoms with E-state index in [1.807, 2.05) is 0 Å². The SMILES string of the molecule is CCCCCOC(=O)/C(C)=C(\C)C(=O)OC. The number of unbranched alkanes of at least 4 members (excludes halogenated alkanes) is 2. The van der Waals surface area contributed by atoms with Gasteiger partial charge in [-0.1, -0.05) is 19.8 Å². The molecule has 0 rings (SSSR count). The Labute approximate surface area is 96.6 Å². The van der Waals surface area contributed by atoms with Gasteiger partial charge in [0.15, 0.2) is 0 Å². The van der Waals surface area contributed by atoms with Gasteiger partial charge in [-0.05, 0) is 20.3 Å². The summed E-state index contributed by atoms with van der Waals surface area (Å²) in [6.07, 6.45) is 2.96. The summed E-state index contributed by atoms with van der Waals surface area (Å²) in [5.41, 5.74) is 0.603. The highest BCUT2D eigenvalue weighted by atomic mass is 16.5. The number of rotatable bonds is 6. The zero-order chi connectivity index (χ0) is 12.6. The van der Waals surface area contributed by atoms with Gasteiger partial charge < -0.3 is 9.47 Å². The Hall–Kier alpha value is -1.32. The highest BCUT2D eigenvalue weighted by Gasteiger charge is 2.14. The Bertz CT molecular complexity index is 279. The minimum Gasteiger partial charge on any atom is -0.466 e. The summed E-state index contributed by atoms with van der Waals surface area (Å²) in [5.74, 6) is -0.943. The van der Waals surface area contributed by atoms with Gasteiger partial charge in [0.05, 0.1) is 13.7 Å². The van der Waals surface area contributed by atoms with Gasteiger partial charge in [-0.3, -0.25) is 0 Å². The molecule has 16 heavy (non-hydrogen) atoms. The number of hydrogen-bond donors (Lipinski definition) is 0. The Morgan fingerprint density at radius 3 is 2.06 bits per heavy atom. The van der Waals surface area contributed by atoms with Crippen LogP contribution in [0.1, 0.15) is 40.0 Å². The van der Waals surface area contributed by atoms with Crippen LogP contribution in [-0.4, -0.2) is 25.7 Å². The normalized spacial score (nSPS) is 11.8. The molecule has 0 aliphatic rings. The Balaban J connectivity index is 4.21. The standard InChI is InChI=1S/C12H20O4/c1-5-6-7-8-16-12(14)10(3)9(2)11(13)15-4/h5-8H2,1-4H3/b10-9+. The first kappa shape index (κ1) is 14.7. The summed E-state index contributed by atoms with van der Waals surface area (Å²) in [5, 5.41) is 0. The van der Waals surface area contributed by atoms with E-state index >= 15 is 0 Å². The fourth-order valence-corrected chi connectivity index (χ4v) is 1.08. The van der Waals surface area contributed by atoms with Crippen LogP contribution in [-0.2, 0) is 19.1 Å². The first-order valence-electron chi connectivity index (χ1n) is 5.47. The number of esters is 2. The Morgan fingerprint density at radius 1 is 1.00 bits per heavy atom. The van der Waals surface area contributed by atoms with Crippen molar-refractivity contribution in [1.82, 2.24) is 0 Å². The first-order chi connectivity index (χ1) is 7.54. The molecule has 0 saturated carbocycles. The molecule has 0 atom stereocenters.